The van der Waals surface area contributed by atoms with Crippen molar-refractivity contribution in [3.05, 3.63) is 95.1 Å². The average molecular weight is 399 g/mol. The minimum atomic E-state index is -4.42. The second kappa shape index (κ2) is 8.18. The van der Waals surface area contributed by atoms with Crippen molar-refractivity contribution in [1.82, 2.24) is 5.32 Å². The zero-order chi connectivity index (χ0) is 21.0. The molecular weight excluding hydrogens is 383 g/mol. The molecule has 0 aliphatic heterocycles. The molecule has 0 aromatic heterocycles. The predicted molar refractivity (Wildman–Crippen MR) is 101 cm³/mol. The number of alkyl halides is 3. The average Bonchev–Trinajstić information content (AvgIpc) is 2.72. The molecule has 29 heavy (non-hydrogen) atoms. The van der Waals surface area contributed by atoms with Gasteiger partial charge in [-0.25, -0.2) is 4.79 Å². The van der Waals surface area contributed by atoms with Gasteiger partial charge >= 0.3 is 12.1 Å². The number of halogens is 3. The summed E-state index contributed by atoms with van der Waals surface area (Å²) in [5.74, 6) is -1.42. The van der Waals surface area contributed by atoms with Crippen LogP contribution in [0.25, 0.3) is 11.1 Å². The van der Waals surface area contributed by atoms with Crippen LogP contribution in [0.1, 0.15) is 31.8 Å². The fraction of sp³-hybridized carbons (Fsp3) is 0.0909. The first-order valence-electron chi connectivity index (χ1n) is 8.63. The van der Waals surface area contributed by atoms with Gasteiger partial charge in [-0.1, -0.05) is 42.5 Å². The Balaban J connectivity index is 1.77. The number of carboxylic acid groups (broad SMARTS) is 1. The van der Waals surface area contributed by atoms with Crippen LogP contribution < -0.4 is 5.32 Å². The van der Waals surface area contributed by atoms with Crippen molar-refractivity contribution in [2.24, 2.45) is 0 Å². The Kier molecular flexibility index (Phi) is 5.68. The Morgan fingerprint density at radius 1 is 0.862 bits per heavy atom. The van der Waals surface area contributed by atoms with Crippen LogP contribution in [0.2, 0.25) is 0 Å². The number of hydrogen-bond acceptors (Lipinski definition) is 2. The van der Waals surface area contributed by atoms with E-state index in [9.17, 15) is 22.8 Å². The molecule has 1 amide bonds. The highest BCUT2D eigenvalue weighted by Crippen LogP contribution is 2.31. The third-order valence-corrected chi connectivity index (χ3v) is 4.35. The summed E-state index contributed by atoms with van der Waals surface area (Å²) in [6.07, 6.45) is -4.42. The Hall–Kier alpha value is -3.61. The van der Waals surface area contributed by atoms with Crippen molar-refractivity contribution < 1.29 is 27.9 Å². The van der Waals surface area contributed by atoms with Gasteiger partial charge in [0.15, 0.2) is 0 Å². The first-order chi connectivity index (χ1) is 13.8. The Morgan fingerprint density at radius 3 is 2.07 bits per heavy atom. The van der Waals surface area contributed by atoms with Crippen molar-refractivity contribution in [1.29, 1.82) is 0 Å². The van der Waals surface area contributed by atoms with Gasteiger partial charge in [0.05, 0.1) is 11.1 Å². The van der Waals surface area contributed by atoms with E-state index in [1.807, 2.05) is 0 Å². The van der Waals surface area contributed by atoms with E-state index in [-0.39, 0.29) is 18.0 Å². The van der Waals surface area contributed by atoms with Crippen LogP contribution in [0.5, 0.6) is 0 Å². The number of carboxylic acids is 1. The fourth-order valence-corrected chi connectivity index (χ4v) is 2.81. The third-order valence-electron chi connectivity index (χ3n) is 4.35. The molecule has 3 aromatic rings. The highest BCUT2D eigenvalue weighted by molar-refractivity contribution is 6.00. The van der Waals surface area contributed by atoms with Gasteiger partial charge in [-0.05, 0) is 47.0 Å². The Bertz CT molecular complexity index is 1030. The van der Waals surface area contributed by atoms with Crippen LogP contribution in [0.3, 0.4) is 0 Å². The number of benzene rings is 3. The molecule has 148 valence electrons. The van der Waals surface area contributed by atoms with Gasteiger partial charge in [0.2, 0.25) is 0 Å². The second-order valence-corrected chi connectivity index (χ2v) is 6.31. The van der Waals surface area contributed by atoms with E-state index in [1.54, 1.807) is 36.4 Å². The summed E-state index contributed by atoms with van der Waals surface area (Å²) in [4.78, 5) is 23.5. The molecule has 0 saturated heterocycles. The summed E-state index contributed by atoms with van der Waals surface area (Å²) in [5, 5.41) is 11.7. The summed E-state index contributed by atoms with van der Waals surface area (Å²) in [7, 11) is 0. The van der Waals surface area contributed by atoms with E-state index in [4.69, 9.17) is 5.11 Å². The number of carbonyl (C=O) groups is 2. The molecule has 0 spiro atoms. The lowest BCUT2D eigenvalue weighted by atomic mass is 9.98. The monoisotopic (exact) mass is 399 g/mol. The Labute approximate surface area is 164 Å². The number of aromatic carboxylic acids is 1. The molecule has 0 saturated carbocycles. The van der Waals surface area contributed by atoms with Gasteiger partial charge in [0, 0.05) is 12.1 Å². The topological polar surface area (TPSA) is 66.4 Å². The standard InChI is InChI=1S/C22H16F3NO3/c23-22(24,25)17-11-9-15(10-12-17)18-3-1-2-4-19(18)20(27)26-13-14-5-7-16(8-6-14)21(28)29/h1-12H,13H2,(H,26,27)(H,28,29). The van der Waals surface area contributed by atoms with Crippen LogP contribution in [-0.4, -0.2) is 17.0 Å². The van der Waals surface area contributed by atoms with Crippen LogP contribution >= 0.6 is 0 Å². The van der Waals surface area contributed by atoms with E-state index in [0.29, 0.717) is 16.7 Å². The summed E-state index contributed by atoms with van der Waals surface area (Å²) < 4.78 is 38.3. The van der Waals surface area contributed by atoms with Gasteiger partial charge in [0.1, 0.15) is 0 Å². The zero-order valence-electron chi connectivity index (χ0n) is 15.0. The molecule has 3 rings (SSSR count). The molecule has 0 atom stereocenters. The van der Waals surface area contributed by atoms with E-state index >= 15 is 0 Å². The highest BCUT2D eigenvalue weighted by Gasteiger charge is 2.30. The minimum Gasteiger partial charge on any atom is -0.478 e. The van der Waals surface area contributed by atoms with Gasteiger partial charge in [-0.2, -0.15) is 13.2 Å². The number of hydrogen-bond donors (Lipinski definition) is 2. The van der Waals surface area contributed by atoms with Gasteiger partial charge < -0.3 is 10.4 Å². The molecule has 0 heterocycles. The van der Waals surface area contributed by atoms with Gasteiger partial charge in [-0.3, -0.25) is 4.79 Å². The number of nitrogens with one attached hydrogen (secondary N) is 1. The summed E-state index contributed by atoms with van der Waals surface area (Å²) >= 11 is 0. The normalized spacial score (nSPS) is 11.1. The smallest absolute Gasteiger partial charge is 0.416 e. The maximum Gasteiger partial charge on any atom is 0.416 e. The van der Waals surface area contributed by atoms with Crippen molar-refractivity contribution in [3.63, 3.8) is 0 Å². The van der Waals surface area contributed by atoms with Crippen LogP contribution in [0.4, 0.5) is 13.2 Å². The molecule has 0 aliphatic rings. The SMILES string of the molecule is O=C(O)c1ccc(CNC(=O)c2ccccc2-c2ccc(C(F)(F)F)cc2)cc1. The van der Waals surface area contributed by atoms with Crippen LogP contribution in [0.15, 0.2) is 72.8 Å². The third kappa shape index (κ3) is 4.82. The maximum atomic E-state index is 12.8. The Morgan fingerprint density at radius 2 is 1.48 bits per heavy atom. The molecule has 0 fully saturated rings. The molecule has 0 radical (unpaired) electrons. The molecule has 0 bridgehead atoms. The van der Waals surface area contributed by atoms with Crippen molar-refractivity contribution in [2.45, 2.75) is 12.7 Å². The summed E-state index contributed by atoms with van der Waals surface area (Å²) in [6.45, 7) is 0.181. The number of carbonyl (C=O) groups excluding carboxylic acids is 1. The van der Waals surface area contributed by atoms with Gasteiger partial charge in [0.25, 0.3) is 5.91 Å². The zero-order valence-corrected chi connectivity index (χ0v) is 15.0. The van der Waals surface area contributed by atoms with Crippen LogP contribution in [-0.2, 0) is 12.7 Å². The molecule has 3 aromatic carbocycles. The molecule has 0 aliphatic carbocycles. The number of amides is 1. The van der Waals surface area contributed by atoms with Crippen molar-refractivity contribution in [2.75, 3.05) is 0 Å². The fourth-order valence-electron chi connectivity index (χ4n) is 2.81. The second-order valence-electron chi connectivity index (χ2n) is 6.31. The largest absolute Gasteiger partial charge is 0.478 e. The van der Waals surface area contributed by atoms with E-state index < -0.39 is 17.7 Å². The maximum absolute atomic E-state index is 12.8. The lowest BCUT2D eigenvalue weighted by Crippen LogP contribution is -2.23. The lowest BCUT2D eigenvalue weighted by Gasteiger charge is -2.12. The summed E-state index contributed by atoms with van der Waals surface area (Å²) in [5.41, 5.74) is 1.44. The highest BCUT2D eigenvalue weighted by atomic mass is 19.4. The van der Waals surface area contributed by atoms with E-state index in [0.717, 1.165) is 17.7 Å². The minimum absolute atomic E-state index is 0.146. The van der Waals surface area contributed by atoms with Gasteiger partial charge in [-0.15, -0.1) is 0 Å². The lowest BCUT2D eigenvalue weighted by molar-refractivity contribution is -0.137. The summed E-state index contributed by atoms with van der Waals surface area (Å²) in [6, 6.07) is 17.4. The molecular formula is C22H16F3NO3. The molecule has 2 N–H and O–H groups in total. The molecule has 7 heteroatoms. The quantitative estimate of drug-likeness (QED) is 0.635. The first kappa shape index (κ1) is 20.1. The predicted octanol–water partition coefficient (Wildman–Crippen LogP) is 5.00. The van der Waals surface area contributed by atoms with Crippen molar-refractivity contribution >= 4 is 11.9 Å². The van der Waals surface area contributed by atoms with E-state index in [1.165, 1.54) is 24.3 Å². The first-order valence-corrected chi connectivity index (χ1v) is 8.63. The molecule has 4 nitrogen and oxygen atoms in total. The molecule has 0 unspecified atom stereocenters. The number of rotatable bonds is 5. The van der Waals surface area contributed by atoms with E-state index in [2.05, 4.69) is 5.32 Å². The van der Waals surface area contributed by atoms with Crippen LogP contribution in [0, 0.1) is 0 Å². The van der Waals surface area contributed by atoms with Crippen molar-refractivity contribution in [3.8, 4) is 11.1 Å².